The first-order valence-electron chi connectivity index (χ1n) is 7.99. The largest absolute Gasteiger partial charge is 0.346 e. The zero-order chi connectivity index (χ0) is 16.7. The number of hydrogen-bond donors (Lipinski definition) is 2. The molecule has 3 heterocycles. The van der Waals surface area contributed by atoms with E-state index in [-0.39, 0.29) is 0 Å². The zero-order valence-electron chi connectivity index (χ0n) is 13.3. The lowest BCUT2D eigenvalue weighted by atomic mass is 10.2. The van der Waals surface area contributed by atoms with Crippen LogP contribution in [0.15, 0.2) is 18.5 Å². The van der Waals surface area contributed by atoms with Crippen molar-refractivity contribution >= 4 is 22.7 Å². The summed E-state index contributed by atoms with van der Waals surface area (Å²) >= 11 is 0. The van der Waals surface area contributed by atoms with E-state index in [4.69, 9.17) is 0 Å². The number of nitrogens with one attached hydrogen (secondary N) is 2. The molecule has 0 radical (unpaired) electrons. The number of nitrogens with zero attached hydrogens (tertiary/aromatic N) is 4. The number of alkyl halides is 2. The minimum Gasteiger partial charge on any atom is -0.346 e. The highest BCUT2D eigenvalue weighted by Crippen LogP contribution is 2.42. The van der Waals surface area contributed by atoms with Crippen molar-refractivity contribution in [2.45, 2.75) is 31.7 Å². The second kappa shape index (κ2) is 5.85. The maximum atomic E-state index is 12.9. The standard InChI is InChI=1S/C16H18F2N6/c1-9-13(8-20-24(9)11(6-17)7-18)21-16-22-14(10-2-3-10)12-4-5-19-15(12)23-16/h4-5,8,10-11H,2-3,6-7H2,1H3,(H2,19,21,22,23). The molecule has 1 aliphatic carbocycles. The first-order valence-corrected chi connectivity index (χ1v) is 7.99. The molecule has 8 heteroatoms. The molecule has 24 heavy (non-hydrogen) atoms. The van der Waals surface area contributed by atoms with E-state index < -0.39 is 19.4 Å². The summed E-state index contributed by atoms with van der Waals surface area (Å²) in [6.45, 7) is 0.174. The van der Waals surface area contributed by atoms with Gasteiger partial charge >= 0.3 is 0 Å². The molecule has 126 valence electrons. The van der Waals surface area contributed by atoms with Crippen molar-refractivity contribution in [2.75, 3.05) is 18.7 Å². The van der Waals surface area contributed by atoms with Crippen molar-refractivity contribution in [3.63, 3.8) is 0 Å². The zero-order valence-corrected chi connectivity index (χ0v) is 13.3. The van der Waals surface area contributed by atoms with Crippen LogP contribution in [0.4, 0.5) is 20.4 Å². The maximum absolute atomic E-state index is 12.9. The Morgan fingerprint density at radius 2 is 2.12 bits per heavy atom. The summed E-state index contributed by atoms with van der Waals surface area (Å²) in [5, 5.41) is 8.26. The van der Waals surface area contributed by atoms with Crippen LogP contribution in [0.5, 0.6) is 0 Å². The molecule has 4 rings (SSSR count). The van der Waals surface area contributed by atoms with E-state index in [1.165, 1.54) is 4.68 Å². The molecular weight excluding hydrogens is 314 g/mol. The number of aromatic amines is 1. The smallest absolute Gasteiger partial charge is 0.229 e. The summed E-state index contributed by atoms with van der Waals surface area (Å²) in [6.07, 6.45) is 5.68. The van der Waals surface area contributed by atoms with Crippen molar-refractivity contribution < 1.29 is 8.78 Å². The fourth-order valence-electron chi connectivity index (χ4n) is 2.90. The van der Waals surface area contributed by atoms with Gasteiger partial charge in [-0.1, -0.05) is 0 Å². The number of H-pyrrole nitrogens is 1. The number of fused-ring (bicyclic) bond motifs is 1. The van der Waals surface area contributed by atoms with Gasteiger partial charge in [-0.05, 0) is 25.8 Å². The van der Waals surface area contributed by atoms with E-state index in [0.717, 1.165) is 29.6 Å². The van der Waals surface area contributed by atoms with Crippen molar-refractivity contribution in [1.29, 1.82) is 0 Å². The Kier molecular flexibility index (Phi) is 3.66. The van der Waals surface area contributed by atoms with Crippen LogP contribution >= 0.6 is 0 Å². The van der Waals surface area contributed by atoms with Crippen LogP contribution in [-0.2, 0) is 0 Å². The Bertz CT molecular complexity index is 863. The van der Waals surface area contributed by atoms with Gasteiger partial charge in [-0.3, -0.25) is 4.68 Å². The maximum Gasteiger partial charge on any atom is 0.229 e. The molecule has 0 atom stereocenters. The molecule has 0 aliphatic heterocycles. The molecular formula is C16H18F2N6. The van der Waals surface area contributed by atoms with Gasteiger partial charge in [0.05, 0.1) is 23.3 Å². The minimum atomic E-state index is -0.894. The first kappa shape index (κ1) is 15.0. The molecule has 1 aliphatic rings. The van der Waals surface area contributed by atoms with Gasteiger partial charge in [0.25, 0.3) is 0 Å². The third kappa shape index (κ3) is 2.51. The molecule has 1 saturated carbocycles. The van der Waals surface area contributed by atoms with Crippen molar-refractivity contribution in [3.05, 3.63) is 29.8 Å². The SMILES string of the molecule is Cc1c(Nc2nc(C3CC3)c3cc[nH]c3n2)cnn1C(CF)CF. The van der Waals surface area contributed by atoms with Crippen molar-refractivity contribution in [3.8, 4) is 0 Å². The van der Waals surface area contributed by atoms with E-state index in [2.05, 4.69) is 25.4 Å². The quantitative estimate of drug-likeness (QED) is 0.724. The number of anilines is 2. The second-order valence-electron chi connectivity index (χ2n) is 6.12. The number of hydrogen-bond acceptors (Lipinski definition) is 4. The van der Waals surface area contributed by atoms with E-state index in [9.17, 15) is 8.78 Å². The fraction of sp³-hybridized carbons (Fsp3) is 0.438. The average Bonchev–Trinajstić information content (AvgIpc) is 3.23. The summed E-state index contributed by atoms with van der Waals surface area (Å²) in [5.74, 6) is 0.949. The van der Waals surface area contributed by atoms with E-state index in [0.29, 0.717) is 23.2 Å². The van der Waals surface area contributed by atoms with Crippen LogP contribution < -0.4 is 5.32 Å². The predicted octanol–water partition coefficient (Wildman–Crippen LogP) is 3.56. The van der Waals surface area contributed by atoms with Gasteiger partial charge in [0.1, 0.15) is 25.0 Å². The van der Waals surface area contributed by atoms with E-state index in [1.54, 1.807) is 13.1 Å². The van der Waals surface area contributed by atoms with Gasteiger partial charge < -0.3 is 10.3 Å². The van der Waals surface area contributed by atoms with Crippen molar-refractivity contribution in [1.82, 2.24) is 24.7 Å². The summed E-state index contributed by atoms with van der Waals surface area (Å²) in [7, 11) is 0. The lowest BCUT2D eigenvalue weighted by molar-refractivity contribution is 0.269. The lowest BCUT2D eigenvalue weighted by Gasteiger charge is -2.12. The number of aromatic nitrogens is 5. The monoisotopic (exact) mass is 332 g/mol. The van der Waals surface area contributed by atoms with Gasteiger partial charge in [0.2, 0.25) is 5.95 Å². The molecule has 0 unspecified atom stereocenters. The molecule has 0 bridgehead atoms. The minimum absolute atomic E-state index is 0.464. The third-order valence-electron chi connectivity index (χ3n) is 4.40. The van der Waals surface area contributed by atoms with Gasteiger partial charge in [-0.2, -0.15) is 10.1 Å². The highest BCUT2D eigenvalue weighted by molar-refractivity contribution is 5.80. The topological polar surface area (TPSA) is 71.4 Å². The van der Waals surface area contributed by atoms with Crippen molar-refractivity contribution in [2.24, 2.45) is 0 Å². The number of rotatable bonds is 6. The molecule has 2 N–H and O–H groups in total. The van der Waals surface area contributed by atoms with E-state index in [1.807, 2.05) is 12.3 Å². The Morgan fingerprint density at radius 1 is 1.33 bits per heavy atom. The molecule has 6 nitrogen and oxygen atoms in total. The molecule has 0 saturated heterocycles. The first-order chi connectivity index (χ1) is 11.7. The molecule has 3 aromatic rings. The highest BCUT2D eigenvalue weighted by atomic mass is 19.1. The van der Waals surface area contributed by atoms with Gasteiger partial charge in [-0.25, -0.2) is 13.8 Å². The molecule has 1 fully saturated rings. The average molecular weight is 332 g/mol. The Labute approximate surface area is 137 Å². The van der Waals surface area contributed by atoms with Gasteiger partial charge in [-0.15, -0.1) is 0 Å². The molecule has 0 aromatic carbocycles. The Morgan fingerprint density at radius 3 is 2.83 bits per heavy atom. The molecule has 0 amide bonds. The van der Waals surface area contributed by atoms with Crippen LogP contribution in [0.2, 0.25) is 0 Å². The third-order valence-corrected chi connectivity index (χ3v) is 4.40. The van der Waals surface area contributed by atoms with Crippen LogP contribution in [0.25, 0.3) is 11.0 Å². The normalized spacial score (nSPS) is 14.7. The predicted molar refractivity (Wildman–Crippen MR) is 87.1 cm³/mol. The van der Waals surface area contributed by atoms with E-state index >= 15 is 0 Å². The number of halogens is 2. The fourth-order valence-corrected chi connectivity index (χ4v) is 2.90. The summed E-state index contributed by atoms with van der Waals surface area (Å²) in [4.78, 5) is 12.2. The van der Waals surface area contributed by atoms with Gasteiger partial charge in [0, 0.05) is 17.5 Å². The second-order valence-corrected chi connectivity index (χ2v) is 6.12. The van der Waals surface area contributed by atoms with Crippen LogP contribution in [0.3, 0.4) is 0 Å². The van der Waals surface area contributed by atoms with Crippen LogP contribution in [0.1, 0.15) is 36.2 Å². The van der Waals surface area contributed by atoms with Crippen LogP contribution in [0, 0.1) is 6.92 Å². The van der Waals surface area contributed by atoms with Gasteiger partial charge in [0.15, 0.2) is 0 Å². The highest BCUT2D eigenvalue weighted by Gasteiger charge is 2.28. The summed E-state index contributed by atoms with van der Waals surface area (Å²) < 4.78 is 27.2. The molecule has 0 spiro atoms. The lowest BCUT2D eigenvalue weighted by Crippen LogP contribution is -2.16. The molecule has 3 aromatic heterocycles. The van der Waals surface area contributed by atoms with Crippen LogP contribution in [-0.4, -0.2) is 38.1 Å². The summed E-state index contributed by atoms with van der Waals surface area (Å²) in [5.41, 5.74) is 3.12. The Hall–Kier alpha value is -2.51. The Balaban J connectivity index is 1.67. The summed E-state index contributed by atoms with van der Waals surface area (Å²) in [6, 6.07) is 1.10.